The first kappa shape index (κ1) is 20.9. The smallest absolute Gasteiger partial charge is 0.328 e. The Labute approximate surface area is 158 Å². The first-order valence-electron chi connectivity index (χ1n) is 9.30. The maximum Gasteiger partial charge on any atom is 0.328 e. The molecule has 0 saturated heterocycles. The Morgan fingerprint density at radius 2 is 1.74 bits per heavy atom. The first-order chi connectivity index (χ1) is 12.9. The molecule has 0 aromatic heterocycles. The number of hydrogen-bond acceptors (Lipinski definition) is 4. The number of rotatable bonds is 7. The van der Waals surface area contributed by atoms with Crippen molar-refractivity contribution in [3.63, 3.8) is 0 Å². The van der Waals surface area contributed by atoms with Crippen LogP contribution in [0.25, 0.3) is 0 Å². The van der Waals surface area contributed by atoms with Gasteiger partial charge in [-0.1, -0.05) is 31.4 Å². The third-order valence-corrected chi connectivity index (χ3v) is 4.92. The van der Waals surface area contributed by atoms with Crippen LogP contribution in [-0.2, 0) is 25.5 Å². The number of carbonyl (C=O) groups is 3. The number of halogens is 1. The lowest BCUT2D eigenvalue weighted by Crippen LogP contribution is -2.54. The molecule has 148 valence electrons. The second-order valence-corrected chi connectivity index (χ2v) is 6.99. The maximum atomic E-state index is 13.1. The summed E-state index contributed by atoms with van der Waals surface area (Å²) < 4.78 is 18.0. The van der Waals surface area contributed by atoms with Crippen molar-refractivity contribution in [2.24, 2.45) is 5.92 Å². The van der Waals surface area contributed by atoms with Gasteiger partial charge < -0.3 is 15.4 Å². The third-order valence-electron chi connectivity index (χ3n) is 4.92. The van der Waals surface area contributed by atoms with Gasteiger partial charge in [-0.05, 0) is 36.5 Å². The van der Waals surface area contributed by atoms with E-state index in [1.807, 2.05) is 0 Å². The van der Waals surface area contributed by atoms with Crippen LogP contribution in [0.2, 0.25) is 0 Å². The van der Waals surface area contributed by atoms with E-state index in [9.17, 15) is 18.8 Å². The van der Waals surface area contributed by atoms with Crippen molar-refractivity contribution < 1.29 is 23.5 Å². The highest BCUT2D eigenvalue weighted by Crippen LogP contribution is 2.27. The van der Waals surface area contributed by atoms with Gasteiger partial charge in [0.25, 0.3) is 0 Å². The van der Waals surface area contributed by atoms with Crippen LogP contribution in [-0.4, -0.2) is 37.0 Å². The fourth-order valence-corrected chi connectivity index (χ4v) is 3.53. The SMILES string of the molecule is COC(=O)[C@H](NC(=O)[C@H](Cc1ccc(F)cc1)NC(C)=O)C1CCCCC1. The van der Waals surface area contributed by atoms with Gasteiger partial charge in [-0.2, -0.15) is 0 Å². The van der Waals surface area contributed by atoms with Crippen molar-refractivity contribution in [3.8, 4) is 0 Å². The Kier molecular flexibility index (Phi) is 7.76. The molecular formula is C20H27FN2O4. The summed E-state index contributed by atoms with van der Waals surface area (Å²) in [6, 6.07) is 4.15. The summed E-state index contributed by atoms with van der Waals surface area (Å²) in [6.07, 6.45) is 5.05. The van der Waals surface area contributed by atoms with Gasteiger partial charge in [0.2, 0.25) is 11.8 Å². The molecule has 6 nitrogen and oxygen atoms in total. The summed E-state index contributed by atoms with van der Waals surface area (Å²) in [6.45, 7) is 1.32. The highest BCUT2D eigenvalue weighted by molar-refractivity contribution is 5.90. The van der Waals surface area contributed by atoms with E-state index in [1.54, 1.807) is 12.1 Å². The lowest BCUT2D eigenvalue weighted by Gasteiger charge is -2.30. The van der Waals surface area contributed by atoms with Crippen LogP contribution in [0.15, 0.2) is 24.3 Å². The van der Waals surface area contributed by atoms with Crippen LogP contribution >= 0.6 is 0 Å². The third kappa shape index (κ3) is 6.34. The second kappa shape index (κ2) is 10.0. The summed E-state index contributed by atoms with van der Waals surface area (Å²) in [7, 11) is 1.30. The molecule has 1 aliphatic carbocycles. The Morgan fingerprint density at radius 3 is 2.30 bits per heavy atom. The normalized spacial score (nSPS) is 16.9. The molecule has 0 radical (unpaired) electrons. The predicted molar refractivity (Wildman–Crippen MR) is 98.2 cm³/mol. The van der Waals surface area contributed by atoms with E-state index in [4.69, 9.17) is 4.74 Å². The lowest BCUT2D eigenvalue weighted by molar-refractivity contribution is -0.147. The molecule has 2 amide bonds. The zero-order chi connectivity index (χ0) is 19.8. The summed E-state index contributed by atoms with van der Waals surface area (Å²) in [5.74, 6) is -1.63. The molecule has 2 atom stereocenters. The standard InChI is InChI=1S/C20H27FN2O4/c1-13(24)22-17(12-14-8-10-16(21)11-9-14)19(25)23-18(20(26)27-2)15-6-4-3-5-7-15/h8-11,15,17-18H,3-7,12H2,1-2H3,(H,22,24)(H,23,25)/t17-,18+/m0/s1. The van der Waals surface area contributed by atoms with Crippen LogP contribution < -0.4 is 10.6 Å². The molecule has 0 aliphatic heterocycles. The largest absolute Gasteiger partial charge is 0.467 e. The van der Waals surface area contributed by atoms with Gasteiger partial charge in [-0.3, -0.25) is 9.59 Å². The molecular weight excluding hydrogens is 351 g/mol. The van der Waals surface area contributed by atoms with Gasteiger partial charge in [-0.25, -0.2) is 9.18 Å². The van der Waals surface area contributed by atoms with E-state index in [-0.39, 0.29) is 24.1 Å². The number of nitrogens with one attached hydrogen (secondary N) is 2. The van der Waals surface area contributed by atoms with Crippen molar-refractivity contribution in [1.82, 2.24) is 10.6 Å². The fraction of sp³-hybridized carbons (Fsp3) is 0.550. The minimum Gasteiger partial charge on any atom is -0.467 e. The summed E-state index contributed by atoms with van der Waals surface area (Å²) in [5.41, 5.74) is 0.706. The molecule has 1 aromatic carbocycles. The van der Waals surface area contributed by atoms with E-state index in [2.05, 4.69) is 10.6 Å². The summed E-state index contributed by atoms with van der Waals surface area (Å²) >= 11 is 0. The van der Waals surface area contributed by atoms with Gasteiger partial charge in [0.1, 0.15) is 17.9 Å². The zero-order valence-corrected chi connectivity index (χ0v) is 15.8. The van der Waals surface area contributed by atoms with Gasteiger partial charge >= 0.3 is 5.97 Å². The van der Waals surface area contributed by atoms with Gasteiger partial charge in [0.15, 0.2) is 0 Å². The number of esters is 1. The van der Waals surface area contributed by atoms with E-state index < -0.39 is 24.0 Å². The maximum absolute atomic E-state index is 13.1. The predicted octanol–water partition coefficient (Wildman–Crippen LogP) is 2.11. The van der Waals surface area contributed by atoms with Crippen LogP contribution in [0.3, 0.4) is 0 Å². The molecule has 1 fully saturated rings. The van der Waals surface area contributed by atoms with Crippen molar-refractivity contribution >= 4 is 17.8 Å². The molecule has 7 heteroatoms. The minimum absolute atomic E-state index is 0.0268. The molecule has 2 N–H and O–H groups in total. The molecule has 27 heavy (non-hydrogen) atoms. The molecule has 0 bridgehead atoms. The van der Waals surface area contributed by atoms with Crippen molar-refractivity contribution in [2.45, 2.75) is 57.5 Å². The quantitative estimate of drug-likeness (QED) is 0.712. The zero-order valence-electron chi connectivity index (χ0n) is 15.8. The average molecular weight is 378 g/mol. The number of hydrogen-bond donors (Lipinski definition) is 2. The topological polar surface area (TPSA) is 84.5 Å². The average Bonchev–Trinajstić information content (AvgIpc) is 2.66. The first-order valence-corrected chi connectivity index (χ1v) is 9.30. The molecule has 2 rings (SSSR count). The number of amides is 2. The Morgan fingerprint density at radius 1 is 1.11 bits per heavy atom. The van der Waals surface area contributed by atoms with Gasteiger partial charge in [-0.15, -0.1) is 0 Å². The summed E-state index contributed by atoms with van der Waals surface area (Å²) in [4.78, 5) is 36.6. The molecule has 1 aliphatic rings. The van der Waals surface area contributed by atoms with Crippen molar-refractivity contribution in [2.75, 3.05) is 7.11 Å². The monoisotopic (exact) mass is 378 g/mol. The van der Waals surface area contributed by atoms with Crippen molar-refractivity contribution in [1.29, 1.82) is 0 Å². The second-order valence-electron chi connectivity index (χ2n) is 6.99. The number of ether oxygens (including phenoxy) is 1. The van der Waals surface area contributed by atoms with E-state index in [1.165, 1.54) is 26.2 Å². The van der Waals surface area contributed by atoms with Crippen LogP contribution in [0.5, 0.6) is 0 Å². The molecule has 0 unspecified atom stereocenters. The molecule has 0 spiro atoms. The number of carbonyl (C=O) groups excluding carboxylic acids is 3. The highest BCUT2D eigenvalue weighted by atomic mass is 19.1. The van der Waals surface area contributed by atoms with Gasteiger partial charge in [0, 0.05) is 13.3 Å². The molecule has 0 heterocycles. The fourth-order valence-electron chi connectivity index (χ4n) is 3.53. The molecule has 1 aromatic rings. The Bertz CT molecular complexity index is 656. The Balaban J connectivity index is 2.12. The minimum atomic E-state index is -0.858. The van der Waals surface area contributed by atoms with Crippen LogP contribution in [0.1, 0.15) is 44.6 Å². The Hall–Kier alpha value is -2.44. The number of benzene rings is 1. The van der Waals surface area contributed by atoms with Crippen LogP contribution in [0.4, 0.5) is 4.39 Å². The van der Waals surface area contributed by atoms with E-state index in [0.29, 0.717) is 5.56 Å². The van der Waals surface area contributed by atoms with Crippen molar-refractivity contribution in [3.05, 3.63) is 35.6 Å². The van der Waals surface area contributed by atoms with Gasteiger partial charge in [0.05, 0.1) is 7.11 Å². The number of methoxy groups -OCH3 is 1. The summed E-state index contributed by atoms with van der Waals surface area (Å²) in [5, 5.41) is 5.38. The van der Waals surface area contributed by atoms with Crippen LogP contribution in [0, 0.1) is 11.7 Å². The van der Waals surface area contributed by atoms with E-state index >= 15 is 0 Å². The van der Waals surface area contributed by atoms with E-state index in [0.717, 1.165) is 32.1 Å². The highest BCUT2D eigenvalue weighted by Gasteiger charge is 2.33. The molecule has 1 saturated carbocycles. The lowest BCUT2D eigenvalue weighted by atomic mass is 9.83.